The maximum Gasteiger partial charge on any atom is 0.243 e. The van der Waals surface area contributed by atoms with E-state index in [0.29, 0.717) is 23.1 Å². The molecule has 2 rings (SSSR count). The van der Waals surface area contributed by atoms with Crippen LogP contribution in [0.25, 0.3) is 0 Å². The van der Waals surface area contributed by atoms with Gasteiger partial charge in [0.05, 0.1) is 16.5 Å². The van der Waals surface area contributed by atoms with Gasteiger partial charge in [0.15, 0.2) is 0 Å². The molecule has 21 heavy (non-hydrogen) atoms. The number of rotatable bonds is 3. The van der Waals surface area contributed by atoms with Crippen LogP contribution in [0, 0.1) is 11.3 Å². The van der Waals surface area contributed by atoms with Crippen molar-refractivity contribution in [2.75, 3.05) is 20.1 Å². The van der Waals surface area contributed by atoms with E-state index in [1.807, 2.05) is 13.1 Å². The van der Waals surface area contributed by atoms with Gasteiger partial charge in [-0.15, -0.1) is 12.4 Å². The first kappa shape index (κ1) is 18.4. The molecule has 1 aromatic carbocycles. The smallest absolute Gasteiger partial charge is 0.243 e. The number of benzene rings is 1. The summed E-state index contributed by atoms with van der Waals surface area (Å²) in [5.41, 5.74) is 0.333. The van der Waals surface area contributed by atoms with Crippen LogP contribution in [0.5, 0.6) is 0 Å². The molecule has 1 saturated heterocycles. The summed E-state index contributed by atoms with van der Waals surface area (Å²) in [6.45, 7) is 0.988. The number of hydrogen-bond donors (Lipinski definition) is 1. The first-order valence-electron chi connectivity index (χ1n) is 6.35. The minimum Gasteiger partial charge on any atom is -0.316 e. The molecular weight excluding hydrogens is 378 g/mol. The van der Waals surface area contributed by atoms with Gasteiger partial charge in [-0.2, -0.15) is 9.57 Å². The number of sulfonamides is 1. The summed E-state index contributed by atoms with van der Waals surface area (Å²) in [6, 6.07) is 6.72. The molecule has 0 saturated carbocycles. The van der Waals surface area contributed by atoms with Gasteiger partial charge in [0.1, 0.15) is 0 Å². The molecule has 0 aromatic heterocycles. The predicted octanol–water partition coefficient (Wildman–Crippen LogP) is 2.12. The molecule has 0 radical (unpaired) electrons. The highest BCUT2D eigenvalue weighted by molar-refractivity contribution is 9.10. The number of nitriles is 1. The van der Waals surface area contributed by atoms with Crippen molar-refractivity contribution in [2.24, 2.45) is 0 Å². The Hall–Kier alpha value is -0.650. The van der Waals surface area contributed by atoms with Gasteiger partial charge in [-0.1, -0.05) is 15.9 Å². The standard InChI is InChI=1S/C13H16BrN3O2S.ClH/c1-16-12-3-2-4-17(9-12)20(18,19)13-6-10(8-15)5-11(14)7-13;/h5-7,12,16H,2-4,9H2,1H3;1H. The fourth-order valence-electron chi connectivity index (χ4n) is 2.32. The van der Waals surface area contributed by atoms with Gasteiger partial charge in [-0.05, 0) is 38.1 Å². The second-order valence-corrected chi connectivity index (χ2v) is 7.63. The number of halogens is 2. The van der Waals surface area contributed by atoms with Crippen molar-refractivity contribution in [2.45, 2.75) is 23.8 Å². The minimum atomic E-state index is -3.55. The van der Waals surface area contributed by atoms with E-state index < -0.39 is 10.0 Å². The lowest BCUT2D eigenvalue weighted by atomic mass is 10.1. The van der Waals surface area contributed by atoms with Gasteiger partial charge in [-0.3, -0.25) is 0 Å². The number of piperidine rings is 1. The van der Waals surface area contributed by atoms with Crippen LogP contribution in [-0.4, -0.2) is 38.9 Å². The highest BCUT2D eigenvalue weighted by Gasteiger charge is 2.30. The molecular formula is C13H17BrClN3O2S. The van der Waals surface area contributed by atoms with Crippen molar-refractivity contribution in [3.8, 4) is 6.07 Å². The lowest BCUT2D eigenvalue weighted by Crippen LogP contribution is -2.46. The number of nitrogens with one attached hydrogen (secondary N) is 1. The number of nitrogens with zero attached hydrogens (tertiary/aromatic N) is 2. The van der Waals surface area contributed by atoms with E-state index in [2.05, 4.69) is 21.2 Å². The predicted molar refractivity (Wildman–Crippen MR) is 86.9 cm³/mol. The fraction of sp³-hybridized carbons (Fsp3) is 0.462. The third-order valence-electron chi connectivity index (χ3n) is 3.43. The maximum absolute atomic E-state index is 12.6. The van der Waals surface area contributed by atoms with E-state index in [0.717, 1.165) is 12.8 Å². The molecule has 1 fully saturated rings. The highest BCUT2D eigenvalue weighted by Crippen LogP contribution is 2.24. The Morgan fingerprint density at radius 2 is 2.14 bits per heavy atom. The lowest BCUT2D eigenvalue weighted by Gasteiger charge is -2.31. The number of likely N-dealkylation sites (N-methyl/N-ethyl adjacent to an activating group) is 1. The first-order chi connectivity index (χ1) is 9.47. The van der Waals surface area contributed by atoms with Gasteiger partial charge in [-0.25, -0.2) is 8.42 Å². The topological polar surface area (TPSA) is 73.2 Å². The van der Waals surface area contributed by atoms with Gasteiger partial charge >= 0.3 is 0 Å². The Kier molecular flexibility index (Phi) is 6.63. The molecule has 0 aliphatic carbocycles. The maximum atomic E-state index is 12.6. The van der Waals surface area contributed by atoms with Crippen molar-refractivity contribution in [1.82, 2.24) is 9.62 Å². The SMILES string of the molecule is CNC1CCCN(S(=O)(=O)c2cc(Br)cc(C#N)c2)C1.Cl. The zero-order valence-electron chi connectivity index (χ0n) is 11.5. The van der Waals surface area contributed by atoms with Crippen molar-refractivity contribution in [3.05, 3.63) is 28.2 Å². The van der Waals surface area contributed by atoms with Crippen LogP contribution in [0.2, 0.25) is 0 Å². The van der Waals surface area contributed by atoms with Crippen LogP contribution in [0.15, 0.2) is 27.6 Å². The first-order valence-corrected chi connectivity index (χ1v) is 8.59. The van der Waals surface area contributed by atoms with Crippen LogP contribution in [-0.2, 0) is 10.0 Å². The fourth-order valence-corrected chi connectivity index (χ4v) is 4.56. The average molecular weight is 395 g/mol. The quantitative estimate of drug-likeness (QED) is 0.852. The van der Waals surface area contributed by atoms with Gasteiger partial charge in [0.25, 0.3) is 0 Å². The van der Waals surface area contributed by atoms with E-state index in [-0.39, 0.29) is 23.3 Å². The molecule has 1 heterocycles. The largest absolute Gasteiger partial charge is 0.316 e. The van der Waals surface area contributed by atoms with Crippen LogP contribution in [0.3, 0.4) is 0 Å². The summed E-state index contributed by atoms with van der Waals surface area (Å²) < 4.78 is 27.4. The summed E-state index contributed by atoms with van der Waals surface area (Å²) in [6.07, 6.45) is 1.81. The zero-order valence-corrected chi connectivity index (χ0v) is 14.8. The molecule has 1 aromatic rings. The Morgan fingerprint density at radius 1 is 1.43 bits per heavy atom. The summed E-state index contributed by atoms with van der Waals surface area (Å²) in [7, 11) is -1.71. The molecule has 0 bridgehead atoms. The van der Waals surface area contributed by atoms with E-state index in [9.17, 15) is 8.42 Å². The zero-order chi connectivity index (χ0) is 14.8. The summed E-state index contributed by atoms with van der Waals surface area (Å²) >= 11 is 3.25. The van der Waals surface area contributed by atoms with Crippen LogP contribution >= 0.6 is 28.3 Å². The molecule has 5 nitrogen and oxygen atoms in total. The summed E-state index contributed by atoms with van der Waals surface area (Å²) in [5, 5.41) is 12.1. The minimum absolute atomic E-state index is 0. The van der Waals surface area contributed by atoms with Crippen molar-refractivity contribution < 1.29 is 8.42 Å². The van der Waals surface area contributed by atoms with Crippen LogP contribution in [0.4, 0.5) is 0 Å². The molecule has 1 N–H and O–H groups in total. The van der Waals surface area contributed by atoms with Gasteiger partial charge in [0.2, 0.25) is 10.0 Å². The molecule has 1 unspecified atom stereocenters. The van der Waals surface area contributed by atoms with Crippen molar-refractivity contribution in [3.63, 3.8) is 0 Å². The van der Waals surface area contributed by atoms with Crippen LogP contribution in [0.1, 0.15) is 18.4 Å². The normalized spacial score (nSPS) is 19.6. The third kappa shape index (κ3) is 4.18. The Morgan fingerprint density at radius 3 is 2.76 bits per heavy atom. The van der Waals surface area contributed by atoms with Gasteiger partial charge in [0, 0.05) is 23.6 Å². The van der Waals surface area contributed by atoms with E-state index >= 15 is 0 Å². The Labute approximate surface area is 139 Å². The molecule has 1 aliphatic rings. The van der Waals surface area contributed by atoms with E-state index in [1.165, 1.54) is 10.4 Å². The molecule has 1 aliphatic heterocycles. The molecule has 0 amide bonds. The molecule has 0 spiro atoms. The molecule has 116 valence electrons. The third-order valence-corrected chi connectivity index (χ3v) is 5.73. The summed E-state index contributed by atoms with van der Waals surface area (Å²) in [5.74, 6) is 0. The van der Waals surface area contributed by atoms with Crippen molar-refractivity contribution >= 4 is 38.4 Å². The van der Waals surface area contributed by atoms with Gasteiger partial charge < -0.3 is 5.32 Å². The second-order valence-electron chi connectivity index (χ2n) is 4.78. The van der Waals surface area contributed by atoms with E-state index in [4.69, 9.17) is 5.26 Å². The van der Waals surface area contributed by atoms with Crippen LogP contribution < -0.4 is 5.32 Å². The molecule has 8 heteroatoms. The highest BCUT2D eigenvalue weighted by atomic mass is 79.9. The Balaban J connectivity index is 0.00000220. The van der Waals surface area contributed by atoms with E-state index in [1.54, 1.807) is 12.1 Å². The lowest BCUT2D eigenvalue weighted by molar-refractivity contribution is 0.293. The summed E-state index contributed by atoms with van der Waals surface area (Å²) in [4.78, 5) is 0.167. The van der Waals surface area contributed by atoms with Crippen molar-refractivity contribution in [1.29, 1.82) is 5.26 Å². The molecule has 1 atom stereocenters. The Bertz CT molecular complexity index is 645. The second kappa shape index (κ2) is 7.56. The number of hydrogen-bond acceptors (Lipinski definition) is 4. The average Bonchev–Trinajstić information content (AvgIpc) is 2.46. The monoisotopic (exact) mass is 393 g/mol.